The van der Waals surface area contributed by atoms with Crippen molar-refractivity contribution in [2.24, 2.45) is 5.92 Å². The van der Waals surface area contributed by atoms with Gasteiger partial charge in [0, 0.05) is 13.2 Å². The van der Waals surface area contributed by atoms with E-state index in [1.807, 2.05) is 19.9 Å². The summed E-state index contributed by atoms with van der Waals surface area (Å²) in [6.45, 7) is 4.99. The van der Waals surface area contributed by atoms with Crippen molar-refractivity contribution < 1.29 is 14.3 Å². The fraction of sp³-hybridized carbons (Fsp3) is 0.727. The third-order valence-electron chi connectivity index (χ3n) is 2.28. The van der Waals surface area contributed by atoms with Crippen molar-refractivity contribution in [1.29, 1.82) is 0 Å². The fourth-order valence-corrected chi connectivity index (χ4v) is 1.62. The molecule has 0 aromatic rings. The average Bonchev–Trinajstić information content (AvgIpc) is 2.18. The van der Waals surface area contributed by atoms with Crippen molar-refractivity contribution in [1.82, 2.24) is 0 Å². The summed E-state index contributed by atoms with van der Waals surface area (Å²) >= 11 is 0. The van der Waals surface area contributed by atoms with Gasteiger partial charge in [0.25, 0.3) is 0 Å². The van der Waals surface area contributed by atoms with E-state index in [1.165, 1.54) is 0 Å². The summed E-state index contributed by atoms with van der Waals surface area (Å²) in [4.78, 5) is 11.5. The number of hydrogen-bond acceptors (Lipinski definition) is 3. The van der Waals surface area contributed by atoms with Gasteiger partial charge in [-0.05, 0) is 32.8 Å². The second-order valence-electron chi connectivity index (χ2n) is 3.27. The molecule has 0 fully saturated rings. The Morgan fingerprint density at radius 1 is 1.43 bits per heavy atom. The summed E-state index contributed by atoms with van der Waals surface area (Å²) in [5.41, 5.74) is 0. The Labute approximate surface area is 85.1 Å². The quantitative estimate of drug-likeness (QED) is 0.633. The van der Waals surface area contributed by atoms with Crippen LogP contribution in [-0.2, 0) is 14.3 Å². The van der Waals surface area contributed by atoms with E-state index in [0.29, 0.717) is 13.2 Å². The number of carbonyl (C=O) groups is 1. The molecule has 1 aliphatic carbocycles. The van der Waals surface area contributed by atoms with Crippen LogP contribution in [0.2, 0.25) is 0 Å². The maximum absolute atomic E-state index is 11.5. The molecule has 0 aromatic heterocycles. The minimum atomic E-state index is -0.359. The molecule has 0 saturated carbocycles. The molecule has 0 bridgehead atoms. The van der Waals surface area contributed by atoms with Crippen LogP contribution in [0.3, 0.4) is 0 Å². The minimum Gasteiger partial charge on any atom is -0.352 e. The van der Waals surface area contributed by atoms with Gasteiger partial charge >= 0.3 is 0 Å². The number of carbonyl (C=O) groups excluding carboxylic acids is 1. The van der Waals surface area contributed by atoms with Gasteiger partial charge in [-0.1, -0.05) is 6.08 Å². The fourth-order valence-electron chi connectivity index (χ4n) is 1.62. The van der Waals surface area contributed by atoms with Crippen LogP contribution in [0.4, 0.5) is 0 Å². The lowest BCUT2D eigenvalue weighted by Crippen LogP contribution is -2.33. The highest BCUT2D eigenvalue weighted by Gasteiger charge is 2.28. The standard InChI is InChI=1S/C11H18O3/c1-3-13-11(14-4-2)9-7-5-6-8-10(9)12/h6,8-9,11H,3-5,7H2,1-2H3. The van der Waals surface area contributed by atoms with Crippen molar-refractivity contribution in [2.75, 3.05) is 13.2 Å². The zero-order valence-corrected chi connectivity index (χ0v) is 8.86. The van der Waals surface area contributed by atoms with Gasteiger partial charge in [0.05, 0.1) is 5.92 Å². The maximum atomic E-state index is 11.5. The smallest absolute Gasteiger partial charge is 0.167 e. The summed E-state index contributed by atoms with van der Waals surface area (Å²) in [5, 5.41) is 0. The summed E-state index contributed by atoms with van der Waals surface area (Å²) in [6.07, 6.45) is 4.96. The van der Waals surface area contributed by atoms with Crippen LogP contribution in [0.5, 0.6) is 0 Å². The molecule has 0 radical (unpaired) electrons. The zero-order chi connectivity index (χ0) is 10.4. The SMILES string of the molecule is CCOC(OCC)C1CCC=CC1=O. The molecule has 0 saturated heterocycles. The van der Waals surface area contributed by atoms with E-state index in [0.717, 1.165) is 12.8 Å². The Kier molecular flexibility index (Phi) is 4.84. The van der Waals surface area contributed by atoms with Crippen LogP contribution < -0.4 is 0 Å². The highest BCUT2D eigenvalue weighted by Crippen LogP contribution is 2.21. The van der Waals surface area contributed by atoms with Gasteiger partial charge in [0.15, 0.2) is 12.1 Å². The largest absolute Gasteiger partial charge is 0.352 e. The molecule has 0 aromatic carbocycles. The van der Waals surface area contributed by atoms with Gasteiger partial charge < -0.3 is 9.47 Å². The second-order valence-corrected chi connectivity index (χ2v) is 3.27. The van der Waals surface area contributed by atoms with Gasteiger partial charge in [-0.3, -0.25) is 4.79 Å². The van der Waals surface area contributed by atoms with E-state index in [1.54, 1.807) is 6.08 Å². The Hall–Kier alpha value is -0.670. The van der Waals surface area contributed by atoms with E-state index in [4.69, 9.17) is 9.47 Å². The molecule has 1 rings (SSSR count). The molecule has 0 heterocycles. The minimum absolute atomic E-state index is 0.111. The van der Waals surface area contributed by atoms with Gasteiger partial charge in [0.1, 0.15) is 0 Å². The molecule has 3 nitrogen and oxygen atoms in total. The number of ether oxygens (including phenoxy) is 2. The molecule has 1 aliphatic rings. The topological polar surface area (TPSA) is 35.5 Å². The Balaban J connectivity index is 2.56. The molecular weight excluding hydrogens is 180 g/mol. The van der Waals surface area contributed by atoms with Crippen molar-refractivity contribution >= 4 is 5.78 Å². The number of hydrogen-bond donors (Lipinski definition) is 0. The molecule has 1 unspecified atom stereocenters. The Morgan fingerprint density at radius 3 is 2.57 bits per heavy atom. The van der Waals surface area contributed by atoms with Crippen LogP contribution in [0.25, 0.3) is 0 Å². The molecule has 1 atom stereocenters. The van der Waals surface area contributed by atoms with Crippen LogP contribution in [-0.4, -0.2) is 25.3 Å². The van der Waals surface area contributed by atoms with Crippen LogP contribution >= 0.6 is 0 Å². The first kappa shape index (κ1) is 11.4. The first-order valence-corrected chi connectivity index (χ1v) is 5.23. The third kappa shape index (κ3) is 2.93. The van der Waals surface area contributed by atoms with Crippen molar-refractivity contribution in [3.05, 3.63) is 12.2 Å². The van der Waals surface area contributed by atoms with Crippen molar-refractivity contribution in [3.8, 4) is 0 Å². The lowest BCUT2D eigenvalue weighted by molar-refractivity contribution is -0.173. The highest BCUT2D eigenvalue weighted by molar-refractivity contribution is 5.92. The third-order valence-corrected chi connectivity index (χ3v) is 2.28. The molecule has 0 aliphatic heterocycles. The van der Waals surface area contributed by atoms with E-state index in [9.17, 15) is 4.79 Å². The molecule has 0 N–H and O–H groups in total. The van der Waals surface area contributed by atoms with Crippen molar-refractivity contribution in [3.63, 3.8) is 0 Å². The number of allylic oxidation sites excluding steroid dienone is 2. The summed E-state index contributed by atoms with van der Waals surface area (Å²) in [7, 11) is 0. The Morgan fingerprint density at radius 2 is 2.07 bits per heavy atom. The van der Waals surface area contributed by atoms with Gasteiger partial charge in [-0.2, -0.15) is 0 Å². The highest BCUT2D eigenvalue weighted by atomic mass is 16.7. The second kappa shape index (κ2) is 5.94. The van der Waals surface area contributed by atoms with Gasteiger partial charge in [0.2, 0.25) is 0 Å². The molecule has 0 amide bonds. The predicted molar refractivity (Wildman–Crippen MR) is 53.9 cm³/mol. The van der Waals surface area contributed by atoms with Crippen LogP contribution in [0.15, 0.2) is 12.2 Å². The monoisotopic (exact) mass is 198 g/mol. The van der Waals surface area contributed by atoms with E-state index < -0.39 is 0 Å². The van der Waals surface area contributed by atoms with E-state index in [2.05, 4.69) is 0 Å². The van der Waals surface area contributed by atoms with Crippen LogP contribution in [0.1, 0.15) is 26.7 Å². The normalized spacial score (nSPS) is 21.9. The Bertz CT molecular complexity index is 205. The molecule has 80 valence electrons. The molecule has 14 heavy (non-hydrogen) atoms. The van der Waals surface area contributed by atoms with E-state index >= 15 is 0 Å². The number of rotatable bonds is 5. The maximum Gasteiger partial charge on any atom is 0.167 e. The molecule has 3 heteroatoms. The molecular formula is C11H18O3. The summed E-state index contributed by atoms with van der Waals surface area (Å²) in [5.74, 6) is 0.0167. The zero-order valence-electron chi connectivity index (χ0n) is 8.86. The first-order chi connectivity index (χ1) is 6.79. The van der Waals surface area contributed by atoms with Gasteiger partial charge in [-0.15, -0.1) is 0 Å². The van der Waals surface area contributed by atoms with Gasteiger partial charge in [-0.25, -0.2) is 0 Å². The first-order valence-electron chi connectivity index (χ1n) is 5.23. The summed E-state index contributed by atoms with van der Waals surface area (Å²) < 4.78 is 10.8. The van der Waals surface area contributed by atoms with E-state index in [-0.39, 0.29) is 18.0 Å². The molecule has 0 spiro atoms. The lowest BCUT2D eigenvalue weighted by atomic mass is 9.92. The van der Waals surface area contributed by atoms with Crippen LogP contribution in [0, 0.1) is 5.92 Å². The number of ketones is 1. The predicted octanol–water partition coefficient (Wildman–Crippen LogP) is 1.92. The van der Waals surface area contributed by atoms with Crippen molar-refractivity contribution in [2.45, 2.75) is 33.0 Å². The lowest BCUT2D eigenvalue weighted by Gasteiger charge is -2.26. The summed E-state index contributed by atoms with van der Waals surface area (Å²) in [6, 6.07) is 0. The average molecular weight is 198 g/mol.